The number of aromatic nitrogens is 4. The molecule has 0 spiro atoms. The standard InChI is InChI=1S/C21H22N6/c1-15-14-20(27(25-15)19-8-6-18(23)7-9-19)10-12-26-13-11-24-21(26)16-2-4-17(22)5-3-16/h2-9,11,13-14H,10,12,22-23H2,1H3. The first-order valence-corrected chi connectivity index (χ1v) is 8.88. The van der Waals surface area contributed by atoms with Crippen LogP contribution in [0.1, 0.15) is 11.4 Å². The minimum absolute atomic E-state index is 0.746. The van der Waals surface area contributed by atoms with E-state index in [1.165, 1.54) is 0 Å². The van der Waals surface area contributed by atoms with Crippen LogP contribution in [0.5, 0.6) is 0 Å². The number of nitrogens with two attached hydrogens (primary N) is 2. The Balaban J connectivity index is 1.58. The highest BCUT2D eigenvalue weighted by Gasteiger charge is 2.10. The van der Waals surface area contributed by atoms with Crippen molar-refractivity contribution in [3.8, 4) is 17.1 Å². The van der Waals surface area contributed by atoms with E-state index in [1.807, 2.05) is 72.5 Å². The Bertz CT molecular complexity index is 1040. The van der Waals surface area contributed by atoms with Crippen molar-refractivity contribution in [1.82, 2.24) is 19.3 Å². The summed E-state index contributed by atoms with van der Waals surface area (Å²) < 4.78 is 4.13. The number of rotatable bonds is 5. The van der Waals surface area contributed by atoms with Crippen molar-refractivity contribution < 1.29 is 0 Å². The minimum atomic E-state index is 0.746. The number of imidazole rings is 1. The van der Waals surface area contributed by atoms with E-state index in [0.717, 1.165) is 52.8 Å². The molecule has 0 atom stereocenters. The van der Waals surface area contributed by atoms with Gasteiger partial charge >= 0.3 is 0 Å². The molecule has 2 aromatic carbocycles. The van der Waals surface area contributed by atoms with Crippen LogP contribution in [0.25, 0.3) is 17.1 Å². The molecule has 0 amide bonds. The Kier molecular flexibility index (Phi) is 4.38. The van der Waals surface area contributed by atoms with Crippen LogP contribution in [0.2, 0.25) is 0 Å². The number of nitrogens with zero attached hydrogens (tertiary/aromatic N) is 4. The molecule has 136 valence electrons. The van der Waals surface area contributed by atoms with Crippen LogP contribution < -0.4 is 11.5 Å². The van der Waals surface area contributed by atoms with Gasteiger partial charge in [-0.15, -0.1) is 0 Å². The summed E-state index contributed by atoms with van der Waals surface area (Å²) in [5, 5.41) is 4.64. The molecule has 2 aromatic heterocycles. The smallest absolute Gasteiger partial charge is 0.139 e. The van der Waals surface area contributed by atoms with Gasteiger partial charge in [-0.1, -0.05) is 0 Å². The minimum Gasteiger partial charge on any atom is -0.399 e. The van der Waals surface area contributed by atoms with E-state index in [0.29, 0.717) is 0 Å². The lowest BCUT2D eigenvalue weighted by atomic mass is 10.2. The maximum atomic E-state index is 5.80. The molecule has 0 aliphatic rings. The Morgan fingerprint density at radius 3 is 2.30 bits per heavy atom. The van der Waals surface area contributed by atoms with E-state index in [9.17, 15) is 0 Å². The van der Waals surface area contributed by atoms with Gasteiger partial charge in [0.1, 0.15) is 5.82 Å². The van der Waals surface area contributed by atoms with Gasteiger partial charge in [0.05, 0.1) is 11.4 Å². The van der Waals surface area contributed by atoms with Crippen molar-refractivity contribution in [3.05, 3.63) is 78.4 Å². The molecular weight excluding hydrogens is 336 g/mol. The van der Waals surface area contributed by atoms with E-state index in [2.05, 4.69) is 20.7 Å². The van der Waals surface area contributed by atoms with Crippen LogP contribution in [0.3, 0.4) is 0 Å². The van der Waals surface area contributed by atoms with Crippen LogP contribution in [0.4, 0.5) is 11.4 Å². The first-order valence-electron chi connectivity index (χ1n) is 8.88. The van der Waals surface area contributed by atoms with Crippen molar-refractivity contribution >= 4 is 11.4 Å². The van der Waals surface area contributed by atoms with Gasteiger partial charge in [0.15, 0.2) is 0 Å². The normalized spacial score (nSPS) is 11.0. The largest absolute Gasteiger partial charge is 0.399 e. The van der Waals surface area contributed by atoms with Gasteiger partial charge in [0.25, 0.3) is 0 Å². The first kappa shape index (κ1) is 16.9. The number of anilines is 2. The van der Waals surface area contributed by atoms with Crippen LogP contribution in [-0.2, 0) is 13.0 Å². The second-order valence-corrected chi connectivity index (χ2v) is 6.60. The van der Waals surface area contributed by atoms with E-state index in [-0.39, 0.29) is 0 Å². The number of nitrogen functional groups attached to an aromatic ring is 2. The second kappa shape index (κ2) is 6.99. The third kappa shape index (κ3) is 3.55. The van der Waals surface area contributed by atoms with Crippen molar-refractivity contribution in [1.29, 1.82) is 0 Å². The lowest BCUT2D eigenvalue weighted by Gasteiger charge is -2.10. The molecule has 0 saturated heterocycles. The van der Waals surface area contributed by atoms with E-state index in [4.69, 9.17) is 11.5 Å². The summed E-state index contributed by atoms with van der Waals surface area (Å²) in [4.78, 5) is 4.51. The van der Waals surface area contributed by atoms with Gasteiger partial charge < -0.3 is 16.0 Å². The van der Waals surface area contributed by atoms with E-state index in [1.54, 1.807) is 0 Å². The first-order chi connectivity index (χ1) is 13.1. The molecule has 0 radical (unpaired) electrons. The fraction of sp³-hybridized carbons (Fsp3) is 0.143. The van der Waals surface area contributed by atoms with E-state index < -0.39 is 0 Å². The summed E-state index contributed by atoms with van der Waals surface area (Å²) in [6.45, 7) is 2.81. The third-order valence-electron chi connectivity index (χ3n) is 4.54. The van der Waals surface area contributed by atoms with Crippen molar-refractivity contribution in [2.75, 3.05) is 11.5 Å². The van der Waals surface area contributed by atoms with Crippen LogP contribution >= 0.6 is 0 Å². The molecule has 4 rings (SSSR count). The van der Waals surface area contributed by atoms with Crippen LogP contribution in [0, 0.1) is 6.92 Å². The summed E-state index contributed by atoms with van der Waals surface area (Å²) in [5.74, 6) is 0.935. The van der Waals surface area contributed by atoms with Gasteiger partial charge in [-0.3, -0.25) is 0 Å². The van der Waals surface area contributed by atoms with Crippen LogP contribution in [0.15, 0.2) is 67.0 Å². The Labute approximate surface area is 158 Å². The fourth-order valence-corrected chi connectivity index (χ4v) is 3.19. The molecule has 6 heteroatoms. The predicted octanol–water partition coefficient (Wildman–Crippen LogP) is 3.45. The highest BCUT2D eigenvalue weighted by atomic mass is 15.3. The van der Waals surface area contributed by atoms with Crippen molar-refractivity contribution in [2.45, 2.75) is 19.9 Å². The highest BCUT2D eigenvalue weighted by Crippen LogP contribution is 2.20. The molecule has 0 saturated carbocycles. The Morgan fingerprint density at radius 2 is 1.59 bits per heavy atom. The summed E-state index contributed by atoms with van der Waals surface area (Å²) >= 11 is 0. The molecule has 0 aliphatic heterocycles. The average molecular weight is 358 g/mol. The van der Waals surface area contributed by atoms with Crippen LogP contribution in [-0.4, -0.2) is 19.3 Å². The Hall–Kier alpha value is -3.54. The molecule has 0 fully saturated rings. The maximum Gasteiger partial charge on any atom is 0.139 e. The molecule has 2 heterocycles. The number of aryl methyl sites for hydroxylation is 3. The molecule has 27 heavy (non-hydrogen) atoms. The lowest BCUT2D eigenvalue weighted by molar-refractivity contribution is 0.668. The predicted molar refractivity (Wildman–Crippen MR) is 108 cm³/mol. The van der Waals surface area contributed by atoms with Gasteiger partial charge in [0, 0.05) is 48.0 Å². The second-order valence-electron chi connectivity index (χ2n) is 6.60. The van der Waals surface area contributed by atoms with Crippen molar-refractivity contribution in [3.63, 3.8) is 0 Å². The number of benzene rings is 2. The molecular formula is C21H22N6. The fourth-order valence-electron chi connectivity index (χ4n) is 3.19. The summed E-state index contributed by atoms with van der Waals surface area (Å²) in [5.41, 5.74) is 17.3. The van der Waals surface area contributed by atoms with Crippen molar-refractivity contribution in [2.24, 2.45) is 0 Å². The zero-order chi connectivity index (χ0) is 18.8. The maximum absolute atomic E-state index is 5.80. The third-order valence-corrected chi connectivity index (χ3v) is 4.54. The summed E-state index contributed by atoms with van der Waals surface area (Å²) in [6, 6.07) is 17.7. The molecule has 4 aromatic rings. The number of hydrogen-bond acceptors (Lipinski definition) is 4. The quantitative estimate of drug-likeness (QED) is 0.535. The SMILES string of the molecule is Cc1cc(CCn2ccnc2-c2ccc(N)cc2)n(-c2ccc(N)cc2)n1. The lowest BCUT2D eigenvalue weighted by Crippen LogP contribution is -2.08. The molecule has 4 N–H and O–H groups in total. The molecule has 0 aliphatic carbocycles. The highest BCUT2D eigenvalue weighted by molar-refractivity contribution is 5.59. The summed E-state index contributed by atoms with van der Waals surface area (Å²) in [7, 11) is 0. The zero-order valence-corrected chi connectivity index (χ0v) is 15.2. The Morgan fingerprint density at radius 1 is 0.926 bits per heavy atom. The topological polar surface area (TPSA) is 87.7 Å². The van der Waals surface area contributed by atoms with Gasteiger partial charge in [-0.25, -0.2) is 9.67 Å². The van der Waals surface area contributed by atoms with Gasteiger partial charge in [-0.05, 0) is 61.5 Å². The monoisotopic (exact) mass is 358 g/mol. The van der Waals surface area contributed by atoms with Gasteiger partial charge in [0.2, 0.25) is 0 Å². The molecule has 0 unspecified atom stereocenters. The average Bonchev–Trinajstić information content (AvgIpc) is 3.27. The number of hydrogen-bond donors (Lipinski definition) is 2. The molecule has 6 nitrogen and oxygen atoms in total. The van der Waals surface area contributed by atoms with Gasteiger partial charge in [-0.2, -0.15) is 5.10 Å². The molecule has 0 bridgehead atoms. The zero-order valence-electron chi connectivity index (χ0n) is 15.2. The summed E-state index contributed by atoms with van der Waals surface area (Å²) in [6.07, 6.45) is 4.67. The van der Waals surface area contributed by atoms with E-state index >= 15 is 0 Å².